The van der Waals surface area contributed by atoms with Crippen molar-refractivity contribution in [2.75, 3.05) is 19.7 Å². The van der Waals surface area contributed by atoms with Gasteiger partial charge in [0.2, 0.25) is 0 Å². The van der Waals surface area contributed by atoms with Gasteiger partial charge in [0, 0.05) is 25.2 Å². The second-order valence-corrected chi connectivity index (χ2v) is 5.52. The van der Waals surface area contributed by atoms with E-state index in [0.717, 1.165) is 18.5 Å². The maximum Gasteiger partial charge on any atom is 0.409 e. The maximum atomic E-state index is 12.1. The number of ether oxygens (including phenoxy) is 1. The largest absolute Gasteiger partial charge is 0.450 e. The van der Waals surface area contributed by atoms with Crippen molar-refractivity contribution >= 4 is 17.5 Å². The lowest BCUT2D eigenvalue weighted by atomic mass is 9.71. The van der Waals surface area contributed by atoms with E-state index < -0.39 is 0 Å². The van der Waals surface area contributed by atoms with Crippen LogP contribution < -0.4 is 0 Å². The molecule has 1 unspecified atom stereocenters. The van der Waals surface area contributed by atoms with Gasteiger partial charge in [0.1, 0.15) is 0 Å². The van der Waals surface area contributed by atoms with Crippen molar-refractivity contribution in [2.45, 2.75) is 25.2 Å². The van der Waals surface area contributed by atoms with Crippen molar-refractivity contribution in [2.24, 2.45) is 4.99 Å². The van der Waals surface area contributed by atoms with Crippen LogP contribution in [-0.2, 0) is 10.2 Å². The van der Waals surface area contributed by atoms with Gasteiger partial charge < -0.3 is 9.64 Å². The monoisotopic (exact) mass is 284 g/mol. The number of likely N-dealkylation sites (tertiary alicyclic amines) is 1. The molecule has 2 aliphatic heterocycles. The zero-order valence-electron chi connectivity index (χ0n) is 12.3. The third kappa shape index (κ3) is 2.15. The van der Waals surface area contributed by atoms with E-state index in [9.17, 15) is 4.79 Å². The van der Waals surface area contributed by atoms with E-state index in [1.807, 2.05) is 31.2 Å². The molecule has 1 fully saturated rings. The van der Waals surface area contributed by atoms with E-state index in [1.54, 1.807) is 4.90 Å². The summed E-state index contributed by atoms with van der Waals surface area (Å²) in [5, 5.41) is 0. The van der Waals surface area contributed by atoms with E-state index in [0.29, 0.717) is 19.7 Å². The molecular formula is C17H20N2O2. The minimum atomic E-state index is -0.232. The molecule has 2 aliphatic rings. The Kier molecular flexibility index (Phi) is 3.53. The highest BCUT2D eigenvalue weighted by Gasteiger charge is 2.47. The molecule has 1 aromatic carbocycles. The molecule has 4 heteroatoms. The van der Waals surface area contributed by atoms with Crippen LogP contribution in [0.3, 0.4) is 0 Å². The normalized spacial score (nSPS) is 23.1. The lowest BCUT2D eigenvalue weighted by Crippen LogP contribution is -2.52. The standard InChI is InChI=1S/C17H20N2O2/c1-3-10-17-12-19(16(20)21-4-2)11-9-15(17)18-14-8-6-5-7-13(14)17/h3,5-8H,1,4,9-12H2,2H3. The van der Waals surface area contributed by atoms with Crippen LogP contribution in [-0.4, -0.2) is 36.4 Å². The molecule has 0 bridgehead atoms. The fourth-order valence-electron chi connectivity index (χ4n) is 3.41. The van der Waals surface area contributed by atoms with Crippen LogP contribution in [0.2, 0.25) is 0 Å². The Bertz CT molecular complexity index is 609. The average Bonchev–Trinajstić information content (AvgIpc) is 2.81. The average molecular weight is 284 g/mol. The quantitative estimate of drug-likeness (QED) is 0.798. The summed E-state index contributed by atoms with van der Waals surface area (Å²) in [6, 6.07) is 8.20. The minimum absolute atomic E-state index is 0.219. The van der Waals surface area contributed by atoms with E-state index in [2.05, 4.69) is 12.6 Å². The first kappa shape index (κ1) is 13.9. The molecule has 4 nitrogen and oxygen atoms in total. The smallest absolute Gasteiger partial charge is 0.409 e. The molecule has 21 heavy (non-hydrogen) atoms. The first-order valence-electron chi connectivity index (χ1n) is 7.41. The van der Waals surface area contributed by atoms with Crippen LogP contribution in [0.25, 0.3) is 0 Å². The molecule has 0 radical (unpaired) electrons. The number of aliphatic imine (C=N–C) groups is 1. The Labute approximate surface area is 125 Å². The minimum Gasteiger partial charge on any atom is -0.450 e. The summed E-state index contributed by atoms with van der Waals surface area (Å²) < 4.78 is 5.16. The molecule has 0 N–H and O–H groups in total. The van der Waals surface area contributed by atoms with E-state index in [1.165, 1.54) is 11.3 Å². The van der Waals surface area contributed by atoms with Crippen molar-refractivity contribution in [1.29, 1.82) is 0 Å². The van der Waals surface area contributed by atoms with Gasteiger partial charge in [0.25, 0.3) is 0 Å². The predicted octanol–water partition coefficient (Wildman–Crippen LogP) is 3.45. The Morgan fingerprint density at radius 3 is 3.10 bits per heavy atom. The van der Waals surface area contributed by atoms with Crippen LogP contribution >= 0.6 is 0 Å². The SMILES string of the molecule is C=CCC12CN(C(=O)OCC)CCC1=Nc1ccccc12. The van der Waals surface area contributed by atoms with Crippen molar-refractivity contribution in [3.63, 3.8) is 0 Å². The fourth-order valence-corrected chi connectivity index (χ4v) is 3.41. The molecule has 2 heterocycles. The summed E-state index contributed by atoms with van der Waals surface area (Å²) in [4.78, 5) is 18.7. The van der Waals surface area contributed by atoms with Crippen LogP contribution in [0, 0.1) is 0 Å². The Hall–Kier alpha value is -2.10. The van der Waals surface area contributed by atoms with Crippen molar-refractivity contribution < 1.29 is 9.53 Å². The number of nitrogens with zero attached hydrogens (tertiary/aromatic N) is 2. The summed E-state index contributed by atoms with van der Waals surface area (Å²) >= 11 is 0. The van der Waals surface area contributed by atoms with Gasteiger partial charge in [0.15, 0.2) is 0 Å². The summed E-state index contributed by atoms with van der Waals surface area (Å²) in [7, 11) is 0. The van der Waals surface area contributed by atoms with Crippen molar-refractivity contribution in [3.8, 4) is 0 Å². The first-order valence-corrected chi connectivity index (χ1v) is 7.41. The number of allylic oxidation sites excluding steroid dienone is 1. The number of fused-ring (bicyclic) bond motifs is 3. The Morgan fingerprint density at radius 2 is 2.33 bits per heavy atom. The number of hydrogen-bond donors (Lipinski definition) is 0. The van der Waals surface area contributed by atoms with Gasteiger partial charge in [-0.2, -0.15) is 0 Å². The topological polar surface area (TPSA) is 41.9 Å². The second-order valence-electron chi connectivity index (χ2n) is 5.52. The molecule has 110 valence electrons. The molecule has 0 aromatic heterocycles. The molecule has 0 aliphatic carbocycles. The number of para-hydroxylation sites is 1. The summed E-state index contributed by atoms with van der Waals surface area (Å²) in [5.41, 5.74) is 3.18. The number of piperidine rings is 1. The highest BCUT2D eigenvalue weighted by Crippen LogP contribution is 2.46. The molecule has 1 atom stereocenters. The van der Waals surface area contributed by atoms with E-state index in [4.69, 9.17) is 9.73 Å². The zero-order chi connectivity index (χ0) is 14.9. The van der Waals surface area contributed by atoms with Gasteiger partial charge in [-0.15, -0.1) is 6.58 Å². The van der Waals surface area contributed by atoms with Crippen LogP contribution in [0.5, 0.6) is 0 Å². The molecule has 1 amide bonds. The van der Waals surface area contributed by atoms with Gasteiger partial charge in [0.05, 0.1) is 17.7 Å². The van der Waals surface area contributed by atoms with Gasteiger partial charge in [-0.05, 0) is 25.0 Å². The van der Waals surface area contributed by atoms with Crippen LogP contribution in [0.1, 0.15) is 25.3 Å². The molecule has 0 spiro atoms. The molecular weight excluding hydrogens is 264 g/mol. The van der Waals surface area contributed by atoms with Gasteiger partial charge in [-0.3, -0.25) is 4.99 Å². The number of hydrogen-bond acceptors (Lipinski definition) is 3. The lowest BCUT2D eigenvalue weighted by molar-refractivity contribution is 0.0988. The van der Waals surface area contributed by atoms with Crippen LogP contribution in [0.4, 0.5) is 10.5 Å². The predicted molar refractivity (Wildman–Crippen MR) is 83.2 cm³/mol. The number of benzene rings is 1. The summed E-state index contributed by atoms with van der Waals surface area (Å²) in [5.74, 6) is 0. The van der Waals surface area contributed by atoms with Gasteiger partial charge >= 0.3 is 6.09 Å². The fraction of sp³-hybridized carbons (Fsp3) is 0.412. The number of carbonyl (C=O) groups is 1. The van der Waals surface area contributed by atoms with Crippen molar-refractivity contribution in [1.82, 2.24) is 4.90 Å². The third-order valence-corrected chi connectivity index (χ3v) is 4.33. The zero-order valence-corrected chi connectivity index (χ0v) is 12.3. The summed E-state index contributed by atoms with van der Waals surface area (Å²) in [6.45, 7) is 7.43. The highest BCUT2D eigenvalue weighted by atomic mass is 16.6. The third-order valence-electron chi connectivity index (χ3n) is 4.33. The Morgan fingerprint density at radius 1 is 1.52 bits per heavy atom. The van der Waals surface area contributed by atoms with Crippen molar-refractivity contribution in [3.05, 3.63) is 42.5 Å². The molecule has 3 rings (SSSR count). The number of carbonyl (C=O) groups excluding carboxylic acids is 1. The first-order chi connectivity index (χ1) is 10.2. The number of amides is 1. The van der Waals surface area contributed by atoms with Crippen LogP contribution in [0.15, 0.2) is 41.9 Å². The number of rotatable bonds is 3. The molecule has 1 saturated heterocycles. The molecule has 1 aromatic rings. The molecule has 0 saturated carbocycles. The summed E-state index contributed by atoms with van der Waals surface area (Å²) in [6.07, 6.45) is 3.27. The second kappa shape index (κ2) is 5.35. The lowest BCUT2D eigenvalue weighted by Gasteiger charge is -2.40. The highest BCUT2D eigenvalue weighted by molar-refractivity contribution is 6.03. The van der Waals surface area contributed by atoms with E-state index in [-0.39, 0.29) is 11.5 Å². The van der Waals surface area contributed by atoms with Gasteiger partial charge in [-0.1, -0.05) is 24.3 Å². The van der Waals surface area contributed by atoms with Gasteiger partial charge in [-0.25, -0.2) is 4.79 Å². The van der Waals surface area contributed by atoms with E-state index >= 15 is 0 Å². The maximum absolute atomic E-state index is 12.1. The Balaban J connectivity index is 1.98.